The average Bonchev–Trinajstić information content (AvgIpc) is 3.04. The first-order valence-corrected chi connectivity index (χ1v) is 8.57. The fourth-order valence-corrected chi connectivity index (χ4v) is 2.95. The summed E-state index contributed by atoms with van der Waals surface area (Å²) in [5.74, 6) is 2.33. The first-order chi connectivity index (χ1) is 11.5. The van der Waals surface area contributed by atoms with E-state index >= 15 is 0 Å². The molecule has 0 N–H and O–H groups in total. The Hall–Kier alpha value is -2.24. The summed E-state index contributed by atoms with van der Waals surface area (Å²) >= 11 is 0. The van der Waals surface area contributed by atoms with E-state index in [4.69, 9.17) is 4.52 Å². The van der Waals surface area contributed by atoms with Gasteiger partial charge in [0, 0.05) is 37.3 Å². The van der Waals surface area contributed by atoms with E-state index in [1.54, 1.807) is 6.20 Å². The van der Waals surface area contributed by atoms with Crippen LogP contribution in [0.1, 0.15) is 60.4 Å². The van der Waals surface area contributed by atoms with E-state index in [1.165, 1.54) is 0 Å². The molecular formula is C18H24N4O2. The highest BCUT2D eigenvalue weighted by Gasteiger charge is 2.25. The molecule has 1 fully saturated rings. The van der Waals surface area contributed by atoms with Crippen LogP contribution in [-0.4, -0.2) is 39.0 Å². The second-order valence-electron chi connectivity index (χ2n) is 6.83. The molecule has 128 valence electrons. The minimum atomic E-state index is 0.0702. The summed E-state index contributed by atoms with van der Waals surface area (Å²) in [4.78, 5) is 23.1. The van der Waals surface area contributed by atoms with Gasteiger partial charge in [0.25, 0.3) is 5.91 Å². The standard InChI is InChI=1S/C18H24N4O2/c1-12(2)17-20-16(24-21-17)10-14-6-8-22(9-7-14)18(23)15-5-4-13(3)19-11-15/h4-5,11-12,14H,6-10H2,1-3H3. The third-order valence-corrected chi connectivity index (χ3v) is 4.52. The predicted octanol–water partition coefficient (Wildman–Crippen LogP) is 2.99. The van der Waals surface area contributed by atoms with Crippen molar-refractivity contribution in [2.24, 2.45) is 5.92 Å². The molecule has 6 nitrogen and oxygen atoms in total. The van der Waals surface area contributed by atoms with Crippen molar-refractivity contribution in [3.05, 3.63) is 41.3 Å². The fraction of sp³-hybridized carbons (Fsp3) is 0.556. The van der Waals surface area contributed by atoms with Crippen LogP contribution in [0.3, 0.4) is 0 Å². The Morgan fingerprint density at radius 3 is 2.67 bits per heavy atom. The summed E-state index contributed by atoms with van der Waals surface area (Å²) in [5.41, 5.74) is 1.59. The van der Waals surface area contributed by atoms with Crippen molar-refractivity contribution in [3.8, 4) is 0 Å². The lowest BCUT2D eigenvalue weighted by Gasteiger charge is -2.31. The van der Waals surface area contributed by atoms with Crippen LogP contribution in [0.4, 0.5) is 0 Å². The van der Waals surface area contributed by atoms with E-state index in [0.717, 1.165) is 43.9 Å². The number of carbonyl (C=O) groups is 1. The van der Waals surface area contributed by atoms with Crippen LogP contribution in [0.5, 0.6) is 0 Å². The molecule has 2 aromatic rings. The number of amides is 1. The second-order valence-corrected chi connectivity index (χ2v) is 6.83. The van der Waals surface area contributed by atoms with Gasteiger partial charge in [0.2, 0.25) is 5.89 Å². The van der Waals surface area contributed by atoms with E-state index in [-0.39, 0.29) is 11.8 Å². The van der Waals surface area contributed by atoms with Crippen LogP contribution in [0.25, 0.3) is 0 Å². The van der Waals surface area contributed by atoms with Crippen LogP contribution in [0.15, 0.2) is 22.9 Å². The Morgan fingerprint density at radius 2 is 2.08 bits per heavy atom. The lowest BCUT2D eigenvalue weighted by molar-refractivity contribution is 0.0687. The third kappa shape index (κ3) is 3.80. The molecule has 0 aromatic carbocycles. The number of likely N-dealkylation sites (tertiary alicyclic amines) is 1. The van der Waals surface area contributed by atoms with Gasteiger partial charge in [-0.25, -0.2) is 0 Å². The molecule has 0 spiro atoms. The Kier molecular flexibility index (Phi) is 4.92. The van der Waals surface area contributed by atoms with Crippen LogP contribution in [-0.2, 0) is 6.42 Å². The number of hydrogen-bond donors (Lipinski definition) is 0. The van der Waals surface area contributed by atoms with Gasteiger partial charge in [-0.2, -0.15) is 4.98 Å². The molecule has 1 aliphatic heterocycles. The monoisotopic (exact) mass is 328 g/mol. The van der Waals surface area contributed by atoms with Crippen LogP contribution < -0.4 is 0 Å². The number of nitrogens with zero attached hydrogens (tertiary/aromatic N) is 4. The maximum atomic E-state index is 12.5. The molecule has 0 atom stereocenters. The molecule has 0 aliphatic carbocycles. The summed E-state index contributed by atoms with van der Waals surface area (Å²) in [6, 6.07) is 3.73. The quantitative estimate of drug-likeness (QED) is 0.863. The summed E-state index contributed by atoms with van der Waals surface area (Å²) in [6.07, 6.45) is 4.39. The lowest BCUT2D eigenvalue weighted by atomic mass is 9.93. The van der Waals surface area contributed by atoms with Crippen molar-refractivity contribution >= 4 is 5.91 Å². The molecule has 0 radical (unpaired) electrons. The SMILES string of the molecule is Cc1ccc(C(=O)N2CCC(Cc3nc(C(C)C)no3)CC2)cn1. The molecule has 2 aromatic heterocycles. The third-order valence-electron chi connectivity index (χ3n) is 4.52. The van der Waals surface area contributed by atoms with Crippen LogP contribution in [0.2, 0.25) is 0 Å². The number of aryl methyl sites for hydroxylation is 1. The highest BCUT2D eigenvalue weighted by Crippen LogP contribution is 2.23. The molecule has 3 heterocycles. The number of aromatic nitrogens is 3. The van der Waals surface area contributed by atoms with Crippen LogP contribution >= 0.6 is 0 Å². The number of rotatable bonds is 4. The van der Waals surface area contributed by atoms with Crippen molar-refractivity contribution in [2.75, 3.05) is 13.1 Å². The molecule has 1 amide bonds. The molecule has 0 saturated carbocycles. The van der Waals surface area contributed by atoms with E-state index in [0.29, 0.717) is 17.4 Å². The zero-order chi connectivity index (χ0) is 17.1. The molecule has 1 saturated heterocycles. The Labute approximate surface area is 142 Å². The van der Waals surface area contributed by atoms with Crippen molar-refractivity contribution in [1.82, 2.24) is 20.0 Å². The molecule has 0 bridgehead atoms. The second kappa shape index (κ2) is 7.11. The minimum absolute atomic E-state index is 0.0702. The summed E-state index contributed by atoms with van der Waals surface area (Å²) < 4.78 is 5.33. The maximum absolute atomic E-state index is 12.5. The van der Waals surface area contributed by atoms with Gasteiger partial charge in [0.15, 0.2) is 5.82 Å². The van der Waals surface area contributed by atoms with Gasteiger partial charge >= 0.3 is 0 Å². The molecule has 6 heteroatoms. The van der Waals surface area contributed by atoms with Crippen molar-refractivity contribution in [1.29, 1.82) is 0 Å². The largest absolute Gasteiger partial charge is 0.339 e. The molecule has 24 heavy (non-hydrogen) atoms. The average molecular weight is 328 g/mol. The predicted molar refractivity (Wildman–Crippen MR) is 89.7 cm³/mol. The zero-order valence-corrected chi connectivity index (χ0v) is 14.5. The van der Waals surface area contributed by atoms with Gasteiger partial charge in [-0.3, -0.25) is 9.78 Å². The van der Waals surface area contributed by atoms with Crippen LogP contribution in [0, 0.1) is 12.8 Å². The molecule has 3 rings (SSSR count). The number of pyridine rings is 1. The van der Waals surface area contributed by atoms with E-state index in [1.807, 2.05) is 24.0 Å². The molecule has 1 aliphatic rings. The zero-order valence-electron chi connectivity index (χ0n) is 14.5. The fourth-order valence-electron chi connectivity index (χ4n) is 2.95. The summed E-state index contributed by atoms with van der Waals surface area (Å²) in [7, 11) is 0. The number of hydrogen-bond acceptors (Lipinski definition) is 5. The Balaban J connectivity index is 1.53. The lowest BCUT2D eigenvalue weighted by Crippen LogP contribution is -2.39. The van der Waals surface area contributed by atoms with Crippen molar-refractivity contribution in [2.45, 2.75) is 46.0 Å². The van der Waals surface area contributed by atoms with Crippen molar-refractivity contribution < 1.29 is 9.32 Å². The molecular weight excluding hydrogens is 304 g/mol. The van der Waals surface area contributed by atoms with Gasteiger partial charge in [0.05, 0.1) is 5.56 Å². The van der Waals surface area contributed by atoms with E-state index in [9.17, 15) is 4.79 Å². The minimum Gasteiger partial charge on any atom is -0.339 e. The first-order valence-electron chi connectivity index (χ1n) is 8.57. The Morgan fingerprint density at radius 1 is 1.33 bits per heavy atom. The number of piperidine rings is 1. The van der Waals surface area contributed by atoms with Gasteiger partial charge in [-0.1, -0.05) is 19.0 Å². The molecule has 0 unspecified atom stereocenters. The topological polar surface area (TPSA) is 72.1 Å². The van der Waals surface area contributed by atoms with E-state index in [2.05, 4.69) is 29.0 Å². The highest BCUT2D eigenvalue weighted by molar-refractivity contribution is 5.93. The Bertz CT molecular complexity index is 685. The number of carbonyl (C=O) groups excluding carboxylic acids is 1. The summed E-state index contributed by atoms with van der Waals surface area (Å²) in [5, 5.41) is 4.01. The summed E-state index contributed by atoms with van der Waals surface area (Å²) in [6.45, 7) is 7.56. The smallest absolute Gasteiger partial charge is 0.255 e. The van der Waals surface area contributed by atoms with E-state index < -0.39 is 0 Å². The van der Waals surface area contributed by atoms with Gasteiger partial charge < -0.3 is 9.42 Å². The van der Waals surface area contributed by atoms with Crippen molar-refractivity contribution in [3.63, 3.8) is 0 Å². The van der Waals surface area contributed by atoms with Gasteiger partial charge in [0.1, 0.15) is 0 Å². The van der Waals surface area contributed by atoms with Gasteiger partial charge in [-0.05, 0) is 37.8 Å². The normalized spacial score (nSPS) is 15.9. The highest BCUT2D eigenvalue weighted by atomic mass is 16.5. The first kappa shape index (κ1) is 16.6. The maximum Gasteiger partial charge on any atom is 0.255 e. The van der Waals surface area contributed by atoms with Gasteiger partial charge in [-0.15, -0.1) is 0 Å².